The summed E-state index contributed by atoms with van der Waals surface area (Å²) in [5, 5.41) is 3.41. The average Bonchev–Trinajstić information content (AvgIpc) is 2.25. The summed E-state index contributed by atoms with van der Waals surface area (Å²) in [4.78, 5) is 2.17. The maximum Gasteiger partial charge on any atom is 0.119 e. The minimum absolute atomic E-state index is 0.235. The number of nitrogens with zero attached hydrogens (tertiary/aromatic N) is 1. The highest BCUT2D eigenvalue weighted by Crippen LogP contribution is 2.13. The quantitative estimate of drug-likeness (QED) is 0.734. The SMILES string of the molecule is CC(C)Oc1ccc(CNCCN(C)C)cc1. The van der Waals surface area contributed by atoms with Crippen LogP contribution in [-0.4, -0.2) is 38.2 Å². The lowest BCUT2D eigenvalue weighted by atomic mass is 10.2. The van der Waals surface area contributed by atoms with Crippen molar-refractivity contribution in [2.24, 2.45) is 0 Å². The molecule has 0 bridgehead atoms. The standard InChI is InChI=1S/C14H24N2O/c1-12(2)17-14-7-5-13(6-8-14)11-15-9-10-16(3)4/h5-8,12,15H,9-11H2,1-4H3. The van der Waals surface area contributed by atoms with Crippen molar-refractivity contribution in [3.8, 4) is 5.75 Å². The van der Waals surface area contributed by atoms with Crippen LogP contribution in [0.4, 0.5) is 0 Å². The van der Waals surface area contributed by atoms with Gasteiger partial charge in [0.05, 0.1) is 6.10 Å². The molecule has 0 radical (unpaired) electrons. The molecule has 0 saturated carbocycles. The number of likely N-dealkylation sites (N-methyl/N-ethyl adjacent to an activating group) is 1. The Kier molecular flexibility index (Phi) is 6.01. The molecular formula is C14H24N2O. The summed E-state index contributed by atoms with van der Waals surface area (Å²) >= 11 is 0. The third-order valence-corrected chi connectivity index (χ3v) is 2.36. The van der Waals surface area contributed by atoms with E-state index < -0.39 is 0 Å². The molecule has 96 valence electrons. The zero-order valence-corrected chi connectivity index (χ0v) is 11.4. The van der Waals surface area contributed by atoms with Crippen LogP contribution in [0.1, 0.15) is 19.4 Å². The number of nitrogens with one attached hydrogen (secondary N) is 1. The molecule has 0 amide bonds. The van der Waals surface area contributed by atoms with Gasteiger partial charge in [-0.15, -0.1) is 0 Å². The first-order chi connectivity index (χ1) is 8.08. The van der Waals surface area contributed by atoms with Crippen LogP contribution in [-0.2, 0) is 6.54 Å². The van der Waals surface area contributed by atoms with Crippen molar-refractivity contribution in [1.29, 1.82) is 0 Å². The fraction of sp³-hybridized carbons (Fsp3) is 0.571. The Labute approximate surface area is 105 Å². The van der Waals surface area contributed by atoms with Crippen LogP contribution < -0.4 is 10.1 Å². The van der Waals surface area contributed by atoms with Crippen LogP contribution in [0.15, 0.2) is 24.3 Å². The third kappa shape index (κ3) is 6.29. The second-order valence-electron chi connectivity index (χ2n) is 4.79. The summed E-state index contributed by atoms with van der Waals surface area (Å²) in [5.41, 5.74) is 1.29. The van der Waals surface area contributed by atoms with Gasteiger partial charge in [-0.2, -0.15) is 0 Å². The fourth-order valence-electron chi connectivity index (χ4n) is 1.49. The van der Waals surface area contributed by atoms with E-state index in [1.165, 1.54) is 5.56 Å². The summed E-state index contributed by atoms with van der Waals surface area (Å²) in [6.45, 7) is 7.06. The third-order valence-electron chi connectivity index (χ3n) is 2.36. The smallest absolute Gasteiger partial charge is 0.119 e. The number of rotatable bonds is 7. The van der Waals surface area contributed by atoms with E-state index >= 15 is 0 Å². The van der Waals surface area contributed by atoms with Crippen molar-refractivity contribution in [2.75, 3.05) is 27.2 Å². The topological polar surface area (TPSA) is 24.5 Å². The minimum atomic E-state index is 0.235. The summed E-state index contributed by atoms with van der Waals surface area (Å²) in [6, 6.07) is 8.28. The Morgan fingerprint density at radius 2 is 1.82 bits per heavy atom. The lowest BCUT2D eigenvalue weighted by Crippen LogP contribution is -2.26. The predicted octanol–water partition coefficient (Wildman–Crippen LogP) is 2.12. The number of hydrogen-bond acceptors (Lipinski definition) is 3. The van der Waals surface area contributed by atoms with Crippen molar-refractivity contribution in [1.82, 2.24) is 10.2 Å². The van der Waals surface area contributed by atoms with Gasteiger partial charge in [-0.25, -0.2) is 0 Å². The molecular weight excluding hydrogens is 212 g/mol. The van der Waals surface area contributed by atoms with Gasteiger partial charge in [0.15, 0.2) is 0 Å². The van der Waals surface area contributed by atoms with Gasteiger partial charge in [0.25, 0.3) is 0 Å². The highest BCUT2D eigenvalue weighted by atomic mass is 16.5. The van der Waals surface area contributed by atoms with Gasteiger partial charge in [-0.05, 0) is 45.6 Å². The molecule has 0 fully saturated rings. The van der Waals surface area contributed by atoms with E-state index in [9.17, 15) is 0 Å². The monoisotopic (exact) mass is 236 g/mol. The van der Waals surface area contributed by atoms with Gasteiger partial charge < -0.3 is 15.0 Å². The lowest BCUT2D eigenvalue weighted by molar-refractivity contribution is 0.242. The van der Waals surface area contributed by atoms with Crippen LogP contribution in [0.3, 0.4) is 0 Å². The van der Waals surface area contributed by atoms with E-state index in [0.29, 0.717) is 0 Å². The number of benzene rings is 1. The van der Waals surface area contributed by atoms with Crippen molar-refractivity contribution >= 4 is 0 Å². The average molecular weight is 236 g/mol. The zero-order valence-electron chi connectivity index (χ0n) is 11.4. The minimum Gasteiger partial charge on any atom is -0.491 e. The van der Waals surface area contributed by atoms with Crippen LogP contribution in [0, 0.1) is 0 Å². The first-order valence-corrected chi connectivity index (χ1v) is 6.19. The normalized spacial score (nSPS) is 11.2. The Hall–Kier alpha value is -1.06. The van der Waals surface area contributed by atoms with Crippen molar-refractivity contribution in [2.45, 2.75) is 26.5 Å². The largest absolute Gasteiger partial charge is 0.491 e. The van der Waals surface area contributed by atoms with Gasteiger partial charge >= 0.3 is 0 Å². The Bertz CT molecular complexity index is 307. The van der Waals surface area contributed by atoms with Crippen LogP contribution in [0.5, 0.6) is 5.75 Å². The van der Waals surface area contributed by atoms with Gasteiger partial charge in [-0.1, -0.05) is 12.1 Å². The lowest BCUT2D eigenvalue weighted by Gasteiger charge is -2.12. The van der Waals surface area contributed by atoms with Gasteiger partial charge in [0, 0.05) is 19.6 Å². The molecule has 0 aromatic heterocycles. The Balaban J connectivity index is 2.30. The molecule has 1 aromatic rings. The molecule has 3 nitrogen and oxygen atoms in total. The molecule has 0 aliphatic heterocycles. The maximum atomic E-state index is 5.60. The highest BCUT2D eigenvalue weighted by Gasteiger charge is 1.98. The molecule has 0 aliphatic carbocycles. The molecule has 0 aliphatic rings. The molecule has 0 unspecified atom stereocenters. The molecule has 0 spiro atoms. The second-order valence-corrected chi connectivity index (χ2v) is 4.79. The van der Waals surface area contributed by atoms with Crippen molar-refractivity contribution in [3.05, 3.63) is 29.8 Å². The summed E-state index contributed by atoms with van der Waals surface area (Å²) in [5.74, 6) is 0.942. The summed E-state index contributed by atoms with van der Waals surface area (Å²) in [7, 11) is 4.17. The molecule has 0 atom stereocenters. The van der Waals surface area contributed by atoms with Crippen molar-refractivity contribution < 1.29 is 4.74 Å². The predicted molar refractivity (Wildman–Crippen MR) is 72.5 cm³/mol. The van der Waals surface area contributed by atoms with E-state index in [-0.39, 0.29) is 6.10 Å². The van der Waals surface area contributed by atoms with Crippen molar-refractivity contribution in [3.63, 3.8) is 0 Å². The Morgan fingerprint density at radius 1 is 1.18 bits per heavy atom. The zero-order chi connectivity index (χ0) is 12.7. The van der Waals surface area contributed by atoms with Crippen LogP contribution in [0.25, 0.3) is 0 Å². The molecule has 1 N–H and O–H groups in total. The molecule has 0 saturated heterocycles. The van der Waals surface area contributed by atoms with E-state index in [0.717, 1.165) is 25.4 Å². The first-order valence-electron chi connectivity index (χ1n) is 6.19. The Morgan fingerprint density at radius 3 is 2.35 bits per heavy atom. The van der Waals surface area contributed by atoms with Gasteiger partial charge in [-0.3, -0.25) is 0 Å². The second kappa shape index (κ2) is 7.30. The first kappa shape index (κ1) is 14.0. The molecule has 0 heterocycles. The van der Waals surface area contributed by atoms with Gasteiger partial charge in [0.2, 0.25) is 0 Å². The van der Waals surface area contributed by atoms with E-state index in [1.807, 2.05) is 26.0 Å². The molecule has 1 rings (SSSR count). The molecule has 1 aromatic carbocycles. The number of ether oxygens (including phenoxy) is 1. The van der Waals surface area contributed by atoms with Crippen LogP contribution in [0.2, 0.25) is 0 Å². The van der Waals surface area contributed by atoms with Gasteiger partial charge in [0.1, 0.15) is 5.75 Å². The van der Waals surface area contributed by atoms with E-state index in [4.69, 9.17) is 4.74 Å². The molecule has 3 heteroatoms. The maximum absolute atomic E-state index is 5.60. The fourth-order valence-corrected chi connectivity index (χ4v) is 1.49. The van der Waals surface area contributed by atoms with E-state index in [2.05, 4.69) is 36.4 Å². The summed E-state index contributed by atoms with van der Waals surface area (Å²) < 4.78 is 5.60. The van der Waals surface area contributed by atoms with Crippen LogP contribution >= 0.6 is 0 Å². The number of hydrogen-bond donors (Lipinski definition) is 1. The highest BCUT2D eigenvalue weighted by molar-refractivity contribution is 5.27. The van der Waals surface area contributed by atoms with E-state index in [1.54, 1.807) is 0 Å². The molecule has 17 heavy (non-hydrogen) atoms. The summed E-state index contributed by atoms with van der Waals surface area (Å²) in [6.07, 6.45) is 0.235.